The monoisotopic (exact) mass is 235 g/mol. The molecule has 4 rings (SSSR count). The fourth-order valence-corrected chi connectivity index (χ4v) is 2.41. The minimum atomic E-state index is -0.0905. The van der Waals surface area contributed by atoms with E-state index in [1.165, 1.54) is 0 Å². The maximum atomic E-state index is 12.2. The molecule has 18 heavy (non-hydrogen) atoms. The Bertz CT molecular complexity index is 789. The van der Waals surface area contributed by atoms with Crippen molar-refractivity contribution in [2.75, 3.05) is 5.32 Å². The minimum Gasteiger partial charge on any atom is -0.320 e. The number of amides is 1. The Kier molecular flexibility index (Phi) is 1.67. The van der Waals surface area contributed by atoms with Crippen molar-refractivity contribution in [3.8, 4) is 5.69 Å². The number of rotatable bonds is 0. The van der Waals surface area contributed by atoms with Gasteiger partial charge in [0.15, 0.2) is 0 Å². The summed E-state index contributed by atoms with van der Waals surface area (Å²) >= 11 is 0. The van der Waals surface area contributed by atoms with Gasteiger partial charge in [-0.3, -0.25) is 9.36 Å². The molecule has 0 unspecified atom stereocenters. The zero-order valence-electron chi connectivity index (χ0n) is 9.42. The van der Waals surface area contributed by atoms with Gasteiger partial charge < -0.3 is 5.32 Å². The average Bonchev–Trinajstić information content (AvgIpc) is 2.77. The van der Waals surface area contributed by atoms with Gasteiger partial charge in [0.1, 0.15) is 6.33 Å². The number of benzene rings is 2. The molecule has 86 valence electrons. The van der Waals surface area contributed by atoms with Crippen LogP contribution in [0.1, 0.15) is 10.4 Å². The van der Waals surface area contributed by atoms with Crippen LogP contribution in [-0.4, -0.2) is 15.5 Å². The van der Waals surface area contributed by atoms with Crippen LogP contribution < -0.4 is 5.32 Å². The SMILES string of the molecule is O=C1Nc2ccccc2-n2cnc3cccc1c32. The number of hydrogen-bond acceptors (Lipinski definition) is 2. The number of para-hydroxylation sites is 3. The van der Waals surface area contributed by atoms with Gasteiger partial charge in [0.05, 0.1) is 28.0 Å². The third-order valence-corrected chi connectivity index (χ3v) is 3.22. The van der Waals surface area contributed by atoms with E-state index in [2.05, 4.69) is 10.3 Å². The smallest absolute Gasteiger partial charge is 0.257 e. The van der Waals surface area contributed by atoms with Crippen molar-refractivity contribution in [2.45, 2.75) is 0 Å². The molecule has 1 N–H and O–H groups in total. The van der Waals surface area contributed by atoms with Gasteiger partial charge in [0, 0.05) is 0 Å². The summed E-state index contributed by atoms with van der Waals surface area (Å²) in [6.07, 6.45) is 1.76. The van der Waals surface area contributed by atoms with Crippen molar-refractivity contribution in [3.63, 3.8) is 0 Å². The van der Waals surface area contributed by atoms with Gasteiger partial charge in [0.2, 0.25) is 0 Å². The summed E-state index contributed by atoms with van der Waals surface area (Å²) in [5.41, 5.74) is 4.09. The fraction of sp³-hybridized carbons (Fsp3) is 0. The van der Waals surface area contributed by atoms with Crippen LogP contribution in [0.4, 0.5) is 5.69 Å². The summed E-state index contributed by atoms with van der Waals surface area (Å²) < 4.78 is 1.96. The van der Waals surface area contributed by atoms with Gasteiger partial charge in [-0.1, -0.05) is 18.2 Å². The summed E-state index contributed by atoms with van der Waals surface area (Å²) in [6.45, 7) is 0. The number of imidazole rings is 1. The molecule has 3 aromatic rings. The second-order valence-corrected chi connectivity index (χ2v) is 4.26. The molecule has 0 saturated carbocycles. The number of carbonyl (C=O) groups excluding carboxylic acids is 1. The first-order valence-electron chi connectivity index (χ1n) is 5.71. The second-order valence-electron chi connectivity index (χ2n) is 4.26. The van der Waals surface area contributed by atoms with Gasteiger partial charge in [-0.05, 0) is 24.3 Å². The highest BCUT2D eigenvalue weighted by atomic mass is 16.1. The van der Waals surface area contributed by atoms with Gasteiger partial charge in [-0.2, -0.15) is 0 Å². The van der Waals surface area contributed by atoms with E-state index in [4.69, 9.17) is 0 Å². The summed E-state index contributed by atoms with van der Waals surface area (Å²) in [7, 11) is 0. The van der Waals surface area contributed by atoms with Crippen LogP contribution in [0, 0.1) is 0 Å². The standard InChI is InChI=1S/C14H9N3O/c18-14-9-4-3-6-11-13(9)17(8-15-11)12-7-2-1-5-10(12)16-14/h1-8H,(H,16,18). The van der Waals surface area contributed by atoms with Crippen molar-refractivity contribution >= 4 is 22.6 Å². The quantitative estimate of drug-likeness (QED) is 0.651. The van der Waals surface area contributed by atoms with Gasteiger partial charge in [0.25, 0.3) is 5.91 Å². The molecule has 0 bridgehead atoms. The highest BCUT2D eigenvalue weighted by molar-refractivity contribution is 6.14. The average molecular weight is 235 g/mol. The maximum Gasteiger partial charge on any atom is 0.257 e. The predicted octanol–water partition coefficient (Wildman–Crippen LogP) is 2.59. The van der Waals surface area contributed by atoms with Crippen LogP contribution in [0.15, 0.2) is 48.8 Å². The Morgan fingerprint density at radius 3 is 2.89 bits per heavy atom. The molecule has 0 fully saturated rings. The molecule has 4 nitrogen and oxygen atoms in total. The second kappa shape index (κ2) is 3.20. The van der Waals surface area contributed by atoms with Crippen LogP contribution in [0.2, 0.25) is 0 Å². The first-order chi connectivity index (χ1) is 8.84. The van der Waals surface area contributed by atoms with Crippen molar-refractivity contribution in [1.29, 1.82) is 0 Å². The van der Waals surface area contributed by atoms with Gasteiger partial charge in [-0.15, -0.1) is 0 Å². The third-order valence-electron chi connectivity index (χ3n) is 3.22. The minimum absolute atomic E-state index is 0.0905. The summed E-state index contributed by atoms with van der Waals surface area (Å²) in [5, 5.41) is 2.93. The number of nitrogens with zero attached hydrogens (tertiary/aromatic N) is 2. The Hall–Kier alpha value is -2.62. The van der Waals surface area contributed by atoms with E-state index in [1.807, 2.05) is 47.0 Å². The first kappa shape index (κ1) is 9.41. The number of nitrogens with one attached hydrogen (secondary N) is 1. The number of carbonyl (C=O) groups is 1. The van der Waals surface area contributed by atoms with Crippen molar-refractivity contribution in [3.05, 3.63) is 54.4 Å². The lowest BCUT2D eigenvalue weighted by Gasteiger charge is -2.07. The summed E-state index contributed by atoms with van der Waals surface area (Å²) in [4.78, 5) is 16.5. The molecule has 0 atom stereocenters. The zero-order chi connectivity index (χ0) is 12.1. The van der Waals surface area contributed by atoms with Gasteiger partial charge in [-0.25, -0.2) is 4.98 Å². The van der Waals surface area contributed by atoms with Crippen molar-refractivity contribution in [1.82, 2.24) is 9.55 Å². The topological polar surface area (TPSA) is 46.9 Å². The number of aromatic nitrogens is 2. The molecule has 0 radical (unpaired) electrons. The van der Waals surface area contributed by atoms with Crippen molar-refractivity contribution in [2.24, 2.45) is 0 Å². The lowest BCUT2D eigenvalue weighted by Crippen LogP contribution is -2.10. The molecule has 1 aromatic heterocycles. The highest BCUT2D eigenvalue weighted by Crippen LogP contribution is 2.30. The Morgan fingerprint density at radius 1 is 1.06 bits per heavy atom. The maximum absolute atomic E-state index is 12.2. The lowest BCUT2D eigenvalue weighted by atomic mass is 10.1. The molecule has 2 heterocycles. The normalized spacial score (nSPS) is 13.0. The zero-order valence-corrected chi connectivity index (χ0v) is 9.42. The number of anilines is 1. The van der Waals surface area contributed by atoms with Crippen LogP contribution in [0.3, 0.4) is 0 Å². The fourth-order valence-electron chi connectivity index (χ4n) is 2.41. The van der Waals surface area contributed by atoms with E-state index < -0.39 is 0 Å². The van der Waals surface area contributed by atoms with Crippen LogP contribution >= 0.6 is 0 Å². The molecule has 2 aromatic carbocycles. The third kappa shape index (κ3) is 1.09. The van der Waals surface area contributed by atoms with Crippen LogP contribution in [0.25, 0.3) is 16.7 Å². The molecule has 1 aliphatic rings. The molecule has 0 spiro atoms. The first-order valence-corrected chi connectivity index (χ1v) is 5.71. The predicted molar refractivity (Wildman–Crippen MR) is 69.0 cm³/mol. The molecule has 1 aliphatic heterocycles. The van der Waals surface area contributed by atoms with E-state index >= 15 is 0 Å². The molecular formula is C14H9N3O. The summed E-state index contributed by atoms with van der Waals surface area (Å²) in [6, 6.07) is 13.3. The Morgan fingerprint density at radius 2 is 1.94 bits per heavy atom. The van der Waals surface area contributed by atoms with E-state index in [0.29, 0.717) is 5.56 Å². The summed E-state index contributed by atoms with van der Waals surface area (Å²) in [5.74, 6) is -0.0905. The Labute approximate surface area is 103 Å². The van der Waals surface area contributed by atoms with Crippen LogP contribution in [-0.2, 0) is 0 Å². The van der Waals surface area contributed by atoms with Crippen molar-refractivity contribution < 1.29 is 4.79 Å². The lowest BCUT2D eigenvalue weighted by molar-refractivity contribution is 0.102. The molecule has 1 amide bonds. The van der Waals surface area contributed by atoms with E-state index in [1.54, 1.807) is 6.33 Å². The Balaban J connectivity index is 2.21. The molecule has 0 aliphatic carbocycles. The van der Waals surface area contributed by atoms with E-state index in [9.17, 15) is 4.79 Å². The molecule has 0 saturated heterocycles. The van der Waals surface area contributed by atoms with E-state index in [-0.39, 0.29) is 5.91 Å². The van der Waals surface area contributed by atoms with Gasteiger partial charge >= 0.3 is 0 Å². The molecule has 4 heteroatoms. The highest BCUT2D eigenvalue weighted by Gasteiger charge is 2.20. The molecular weight excluding hydrogens is 226 g/mol. The largest absolute Gasteiger partial charge is 0.320 e. The number of fused-ring (bicyclic) bond motifs is 2. The number of hydrogen-bond donors (Lipinski definition) is 1. The van der Waals surface area contributed by atoms with E-state index in [0.717, 1.165) is 22.4 Å². The van der Waals surface area contributed by atoms with Crippen LogP contribution in [0.5, 0.6) is 0 Å².